The SMILES string of the molecule is CCCCOc1cccc(OC(=Cc2cccnc2)C(OCC=CCl)C(C)(C)C)c1. The molecule has 162 valence electrons. The molecule has 2 rings (SSSR count). The predicted octanol–water partition coefficient (Wildman–Crippen LogP) is 6.86. The molecule has 1 aromatic heterocycles. The van der Waals surface area contributed by atoms with Gasteiger partial charge in [0, 0.05) is 24.0 Å². The number of ether oxygens (including phenoxy) is 3. The van der Waals surface area contributed by atoms with Crippen molar-refractivity contribution in [3.8, 4) is 11.5 Å². The van der Waals surface area contributed by atoms with Crippen LogP contribution in [0.2, 0.25) is 0 Å². The zero-order chi connectivity index (χ0) is 21.8. The number of rotatable bonds is 11. The average molecular weight is 430 g/mol. The van der Waals surface area contributed by atoms with Crippen LogP contribution >= 0.6 is 11.6 Å². The lowest BCUT2D eigenvalue weighted by atomic mass is 9.87. The Kier molecular flexibility index (Phi) is 9.92. The van der Waals surface area contributed by atoms with Gasteiger partial charge in [-0.25, -0.2) is 0 Å². The van der Waals surface area contributed by atoms with Crippen LogP contribution in [0.5, 0.6) is 11.5 Å². The molecule has 0 bridgehead atoms. The first-order valence-electron chi connectivity index (χ1n) is 10.3. The summed E-state index contributed by atoms with van der Waals surface area (Å²) in [4.78, 5) is 4.21. The Hall–Kier alpha value is -2.30. The van der Waals surface area contributed by atoms with E-state index in [1.807, 2.05) is 42.5 Å². The van der Waals surface area contributed by atoms with Gasteiger partial charge < -0.3 is 14.2 Å². The lowest BCUT2D eigenvalue weighted by Crippen LogP contribution is -2.33. The van der Waals surface area contributed by atoms with Crippen molar-refractivity contribution in [1.29, 1.82) is 0 Å². The number of hydrogen-bond acceptors (Lipinski definition) is 4. The van der Waals surface area contributed by atoms with Gasteiger partial charge in [-0.3, -0.25) is 4.98 Å². The second-order valence-corrected chi connectivity index (χ2v) is 8.31. The average Bonchev–Trinajstić information content (AvgIpc) is 2.71. The highest BCUT2D eigenvalue weighted by Gasteiger charge is 2.31. The van der Waals surface area contributed by atoms with Crippen LogP contribution < -0.4 is 9.47 Å². The molecule has 1 heterocycles. The maximum atomic E-state index is 6.36. The molecular weight excluding hydrogens is 398 g/mol. The highest BCUT2D eigenvalue weighted by Crippen LogP contribution is 2.32. The highest BCUT2D eigenvalue weighted by molar-refractivity contribution is 6.25. The molecule has 0 spiro atoms. The number of nitrogens with zero attached hydrogens (tertiary/aromatic N) is 1. The van der Waals surface area contributed by atoms with E-state index in [0.29, 0.717) is 24.7 Å². The van der Waals surface area contributed by atoms with Crippen molar-refractivity contribution >= 4 is 17.7 Å². The van der Waals surface area contributed by atoms with Crippen LogP contribution in [0, 0.1) is 5.41 Å². The van der Waals surface area contributed by atoms with E-state index in [1.165, 1.54) is 5.54 Å². The standard InChI is InChI=1S/C25H32ClNO3/c1-5-6-15-28-21-11-7-12-22(18-21)30-23(17-20-10-8-14-27-19-20)24(25(2,3)4)29-16-9-13-26/h7-14,17-19,24H,5-6,15-16H2,1-4H3. The summed E-state index contributed by atoms with van der Waals surface area (Å²) in [6.45, 7) is 9.58. The van der Waals surface area contributed by atoms with Gasteiger partial charge >= 0.3 is 0 Å². The normalized spacial score (nSPS) is 13.4. The fraction of sp³-hybridized carbons (Fsp3) is 0.400. The largest absolute Gasteiger partial charge is 0.493 e. The molecular formula is C25H32ClNO3. The van der Waals surface area contributed by atoms with Crippen molar-refractivity contribution in [3.05, 3.63) is 71.7 Å². The van der Waals surface area contributed by atoms with Crippen molar-refractivity contribution in [2.75, 3.05) is 13.2 Å². The fourth-order valence-corrected chi connectivity index (χ4v) is 2.90. The number of unbranched alkanes of at least 4 members (excludes halogenated alkanes) is 1. The van der Waals surface area contributed by atoms with Gasteiger partial charge in [0.15, 0.2) is 0 Å². The maximum Gasteiger partial charge on any atom is 0.134 e. The van der Waals surface area contributed by atoms with E-state index >= 15 is 0 Å². The first-order chi connectivity index (χ1) is 14.4. The Morgan fingerprint density at radius 3 is 2.63 bits per heavy atom. The van der Waals surface area contributed by atoms with Gasteiger partial charge in [0.25, 0.3) is 0 Å². The third-order valence-corrected chi connectivity index (χ3v) is 4.47. The molecule has 1 unspecified atom stereocenters. The molecule has 2 aromatic rings. The summed E-state index contributed by atoms with van der Waals surface area (Å²) in [6, 6.07) is 11.6. The van der Waals surface area contributed by atoms with Gasteiger partial charge in [-0.15, -0.1) is 0 Å². The van der Waals surface area contributed by atoms with E-state index in [0.717, 1.165) is 24.2 Å². The smallest absolute Gasteiger partial charge is 0.134 e. The van der Waals surface area contributed by atoms with Crippen LogP contribution in [-0.2, 0) is 4.74 Å². The summed E-state index contributed by atoms with van der Waals surface area (Å²) in [5.41, 5.74) is 2.19. The summed E-state index contributed by atoms with van der Waals surface area (Å²) >= 11 is 5.68. The van der Waals surface area contributed by atoms with Crippen LogP contribution in [0.3, 0.4) is 0 Å². The van der Waals surface area contributed by atoms with E-state index in [1.54, 1.807) is 18.5 Å². The second-order valence-electron chi connectivity index (χ2n) is 8.05. The Morgan fingerprint density at radius 1 is 1.17 bits per heavy atom. The summed E-state index contributed by atoms with van der Waals surface area (Å²) in [5.74, 6) is 2.19. The molecule has 1 aromatic carbocycles. The second kappa shape index (κ2) is 12.4. The third kappa shape index (κ3) is 8.21. The van der Waals surface area contributed by atoms with Crippen LogP contribution in [0.1, 0.15) is 46.1 Å². The lowest BCUT2D eigenvalue weighted by Gasteiger charge is -2.32. The molecule has 1 atom stereocenters. The first kappa shape index (κ1) is 24.0. The number of hydrogen-bond donors (Lipinski definition) is 0. The minimum atomic E-state index is -0.296. The molecule has 0 aliphatic heterocycles. The number of benzene rings is 1. The minimum Gasteiger partial charge on any atom is -0.493 e. The topological polar surface area (TPSA) is 40.6 Å². The molecule has 0 N–H and O–H groups in total. The van der Waals surface area contributed by atoms with Gasteiger partial charge in [0.1, 0.15) is 23.4 Å². The highest BCUT2D eigenvalue weighted by atomic mass is 35.5. The molecule has 30 heavy (non-hydrogen) atoms. The molecule has 0 saturated carbocycles. The molecule has 0 aliphatic carbocycles. The van der Waals surface area contributed by atoms with E-state index in [-0.39, 0.29) is 11.5 Å². The first-order valence-corrected chi connectivity index (χ1v) is 10.8. The third-order valence-electron chi connectivity index (χ3n) is 4.29. The molecule has 0 saturated heterocycles. The van der Waals surface area contributed by atoms with Crippen molar-refractivity contribution in [2.45, 2.75) is 46.6 Å². The van der Waals surface area contributed by atoms with E-state index in [2.05, 4.69) is 32.7 Å². The zero-order valence-corrected chi connectivity index (χ0v) is 19.1. The molecule has 0 amide bonds. The summed E-state index contributed by atoms with van der Waals surface area (Å²) < 4.78 is 18.3. The van der Waals surface area contributed by atoms with E-state index in [4.69, 9.17) is 25.8 Å². The molecule has 0 aliphatic rings. The van der Waals surface area contributed by atoms with Gasteiger partial charge in [-0.05, 0) is 47.8 Å². The number of halogens is 1. The quantitative estimate of drug-likeness (QED) is 0.289. The van der Waals surface area contributed by atoms with Crippen LogP contribution in [0.15, 0.2) is 66.2 Å². The van der Waals surface area contributed by atoms with Crippen molar-refractivity contribution in [2.24, 2.45) is 5.41 Å². The summed E-state index contributed by atoms with van der Waals surface area (Å²) in [6.07, 6.45) is 9.10. The molecule has 0 fully saturated rings. The monoisotopic (exact) mass is 429 g/mol. The van der Waals surface area contributed by atoms with Gasteiger partial charge in [-0.1, -0.05) is 57.8 Å². The van der Waals surface area contributed by atoms with Crippen molar-refractivity contribution in [1.82, 2.24) is 4.98 Å². The van der Waals surface area contributed by atoms with Crippen LogP contribution in [0.4, 0.5) is 0 Å². The van der Waals surface area contributed by atoms with Gasteiger partial charge in [-0.2, -0.15) is 0 Å². The Bertz CT molecular complexity index is 813. The Balaban J connectivity index is 2.34. The number of aromatic nitrogens is 1. The molecule has 5 heteroatoms. The summed E-state index contributed by atoms with van der Waals surface area (Å²) in [5, 5.41) is 0. The van der Waals surface area contributed by atoms with Gasteiger partial charge in [0.05, 0.1) is 13.2 Å². The van der Waals surface area contributed by atoms with Crippen molar-refractivity contribution < 1.29 is 14.2 Å². The minimum absolute atomic E-state index is 0.205. The zero-order valence-electron chi connectivity index (χ0n) is 18.3. The fourth-order valence-electron chi connectivity index (χ4n) is 2.83. The summed E-state index contributed by atoms with van der Waals surface area (Å²) in [7, 11) is 0. The van der Waals surface area contributed by atoms with Crippen LogP contribution in [0.25, 0.3) is 6.08 Å². The molecule has 0 radical (unpaired) electrons. The lowest BCUT2D eigenvalue weighted by molar-refractivity contribution is 0.00167. The maximum absolute atomic E-state index is 6.36. The van der Waals surface area contributed by atoms with E-state index in [9.17, 15) is 0 Å². The Labute approximate surface area is 185 Å². The van der Waals surface area contributed by atoms with Gasteiger partial charge in [0.2, 0.25) is 0 Å². The Morgan fingerprint density at radius 2 is 1.97 bits per heavy atom. The van der Waals surface area contributed by atoms with Crippen molar-refractivity contribution in [3.63, 3.8) is 0 Å². The van der Waals surface area contributed by atoms with Crippen LogP contribution in [-0.4, -0.2) is 24.3 Å². The predicted molar refractivity (Wildman–Crippen MR) is 124 cm³/mol. The van der Waals surface area contributed by atoms with E-state index < -0.39 is 0 Å². The molecule has 4 nitrogen and oxygen atoms in total. The number of pyridine rings is 1.